The Labute approximate surface area is 135 Å². The lowest BCUT2D eigenvalue weighted by atomic mass is 10.1. The van der Waals surface area contributed by atoms with Crippen LogP contribution in [0.4, 0.5) is 8.78 Å². The first-order valence-corrected chi connectivity index (χ1v) is 7.33. The number of halogens is 3. The van der Waals surface area contributed by atoms with Gasteiger partial charge < -0.3 is 5.73 Å². The van der Waals surface area contributed by atoms with E-state index in [1.54, 1.807) is 31.2 Å². The minimum Gasteiger partial charge on any atom is -0.323 e. The molecule has 0 aliphatic rings. The van der Waals surface area contributed by atoms with Crippen molar-refractivity contribution in [1.29, 1.82) is 0 Å². The maximum Gasteiger partial charge on any atom is 0.264 e. The molecular weight excluding hydrogens is 322 g/mol. The summed E-state index contributed by atoms with van der Waals surface area (Å²) in [7, 11) is 0. The standard InChI is InChI=1S/C17H13ClF2N2O/c1-9(21)14-7-10-3-2-4-12(18)16(10)17(23)22(14)15-8-11(19)5-6-13(15)20/h2-9H,21H2,1H3/t9-/m0/s1. The average Bonchev–Trinajstić information content (AvgIpc) is 2.49. The quantitative estimate of drug-likeness (QED) is 0.771. The Bertz CT molecular complexity index is 967. The Morgan fingerprint density at radius 1 is 1.17 bits per heavy atom. The second-order valence-corrected chi connectivity index (χ2v) is 5.71. The van der Waals surface area contributed by atoms with Gasteiger partial charge in [-0.2, -0.15) is 0 Å². The zero-order chi connectivity index (χ0) is 16.7. The van der Waals surface area contributed by atoms with Crippen LogP contribution in [0.15, 0.2) is 47.3 Å². The van der Waals surface area contributed by atoms with E-state index in [0.717, 1.165) is 22.8 Å². The maximum atomic E-state index is 14.2. The monoisotopic (exact) mass is 334 g/mol. The van der Waals surface area contributed by atoms with E-state index < -0.39 is 23.2 Å². The lowest BCUT2D eigenvalue weighted by molar-refractivity contribution is 0.586. The number of rotatable bonds is 2. The summed E-state index contributed by atoms with van der Waals surface area (Å²) in [5.74, 6) is -1.37. The largest absolute Gasteiger partial charge is 0.323 e. The molecule has 23 heavy (non-hydrogen) atoms. The molecule has 118 valence electrons. The number of pyridine rings is 1. The van der Waals surface area contributed by atoms with Crippen LogP contribution in [0.3, 0.4) is 0 Å². The van der Waals surface area contributed by atoms with Gasteiger partial charge in [0, 0.05) is 17.8 Å². The summed E-state index contributed by atoms with van der Waals surface area (Å²) in [5, 5.41) is 1.08. The minimum atomic E-state index is -0.721. The third-order valence-electron chi connectivity index (χ3n) is 3.64. The summed E-state index contributed by atoms with van der Waals surface area (Å²) in [5.41, 5.74) is 5.57. The summed E-state index contributed by atoms with van der Waals surface area (Å²) in [6, 6.07) is 9.03. The first-order valence-electron chi connectivity index (χ1n) is 6.95. The van der Waals surface area contributed by atoms with Gasteiger partial charge in [-0.1, -0.05) is 23.7 Å². The third-order valence-corrected chi connectivity index (χ3v) is 3.95. The van der Waals surface area contributed by atoms with Gasteiger partial charge in [-0.3, -0.25) is 9.36 Å². The molecule has 0 unspecified atom stereocenters. The Morgan fingerprint density at radius 3 is 2.61 bits per heavy atom. The molecule has 0 bridgehead atoms. The molecule has 6 heteroatoms. The summed E-state index contributed by atoms with van der Waals surface area (Å²) in [6.07, 6.45) is 0. The molecule has 0 spiro atoms. The molecule has 0 saturated heterocycles. The predicted molar refractivity (Wildman–Crippen MR) is 87.1 cm³/mol. The van der Waals surface area contributed by atoms with E-state index >= 15 is 0 Å². The zero-order valence-corrected chi connectivity index (χ0v) is 12.9. The van der Waals surface area contributed by atoms with Gasteiger partial charge in [0.15, 0.2) is 0 Å². The van der Waals surface area contributed by atoms with E-state index in [-0.39, 0.29) is 16.1 Å². The van der Waals surface area contributed by atoms with E-state index in [0.29, 0.717) is 11.1 Å². The second-order valence-electron chi connectivity index (χ2n) is 5.30. The number of hydrogen-bond acceptors (Lipinski definition) is 2. The fourth-order valence-electron chi connectivity index (χ4n) is 2.58. The minimum absolute atomic E-state index is 0.191. The Hall–Kier alpha value is -2.24. The van der Waals surface area contributed by atoms with E-state index in [2.05, 4.69) is 0 Å². The van der Waals surface area contributed by atoms with Crippen molar-refractivity contribution in [3.8, 4) is 5.69 Å². The van der Waals surface area contributed by atoms with Gasteiger partial charge >= 0.3 is 0 Å². The molecule has 2 N–H and O–H groups in total. The molecule has 3 rings (SSSR count). The van der Waals surface area contributed by atoms with Crippen molar-refractivity contribution in [2.75, 3.05) is 0 Å². The van der Waals surface area contributed by atoms with Crippen LogP contribution in [-0.4, -0.2) is 4.57 Å². The van der Waals surface area contributed by atoms with E-state index in [4.69, 9.17) is 17.3 Å². The lowest BCUT2D eigenvalue weighted by Crippen LogP contribution is -2.26. The van der Waals surface area contributed by atoms with Crippen LogP contribution in [0.5, 0.6) is 0 Å². The Kier molecular flexibility index (Phi) is 3.92. The number of fused-ring (bicyclic) bond motifs is 1. The molecule has 2 aromatic carbocycles. The van der Waals surface area contributed by atoms with Gasteiger partial charge in [0.2, 0.25) is 0 Å². The zero-order valence-electron chi connectivity index (χ0n) is 12.2. The first-order chi connectivity index (χ1) is 10.9. The number of nitrogens with zero attached hydrogens (tertiary/aromatic N) is 1. The maximum absolute atomic E-state index is 14.2. The molecule has 0 saturated carbocycles. The van der Waals surface area contributed by atoms with Crippen molar-refractivity contribution >= 4 is 22.4 Å². The van der Waals surface area contributed by atoms with Crippen molar-refractivity contribution in [3.63, 3.8) is 0 Å². The van der Waals surface area contributed by atoms with Crippen LogP contribution in [0.1, 0.15) is 18.7 Å². The summed E-state index contributed by atoms with van der Waals surface area (Å²) in [4.78, 5) is 12.9. The van der Waals surface area contributed by atoms with E-state index in [9.17, 15) is 13.6 Å². The molecule has 0 aliphatic heterocycles. The highest BCUT2D eigenvalue weighted by molar-refractivity contribution is 6.35. The van der Waals surface area contributed by atoms with Crippen molar-refractivity contribution in [1.82, 2.24) is 4.57 Å². The highest BCUT2D eigenvalue weighted by Gasteiger charge is 2.18. The normalized spacial score (nSPS) is 12.6. The highest BCUT2D eigenvalue weighted by Crippen LogP contribution is 2.25. The second kappa shape index (κ2) is 5.76. The first kappa shape index (κ1) is 15.6. The molecule has 0 aliphatic carbocycles. The van der Waals surface area contributed by atoms with Crippen LogP contribution >= 0.6 is 11.6 Å². The molecule has 3 aromatic rings. The number of benzene rings is 2. The molecule has 1 heterocycles. The molecule has 1 atom stereocenters. The fourth-order valence-corrected chi connectivity index (χ4v) is 2.84. The Balaban J connectivity index is 2.50. The van der Waals surface area contributed by atoms with Crippen LogP contribution in [0, 0.1) is 11.6 Å². The molecule has 3 nitrogen and oxygen atoms in total. The lowest BCUT2D eigenvalue weighted by Gasteiger charge is -2.18. The van der Waals surface area contributed by atoms with Crippen molar-refractivity contribution in [2.45, 2.75) is 13.0 Å². The van der Waals surface area contributed by atoms with Gasteiger partial charge in [-0.05, 0) is 36.6 Å². The van der Waals surface area contributed by atoms with Crippen LogP contribution < -0.4 is 11.3 Å². The highest BCUT2D eigenvalue weighted by atomic mass is 35.5. The third kappa shape index (κ3) is 2.62. The predicted octanol–water partition coefficient (Wildman–Crippen LogP) is 3.94. The molecule has 1 aromatic heterocycles. The smallest absolute Gasteiger partial charge is 0.264 e. The van der Waals surface area contributed by atoms with Crippen molar-refractivity contribution in [3.05, 3.63) is 75.2 Å². The molecule has 0 amide bonds. The van der Waals surface area contributed by atoms with Gasteiger partial charge in [-0.25, -0.2) is 8.78 Å². The van der Waals surface area contributed by atoms with Gasteiger partial charge in [-0.15, -0.1) is 0 Å². The number of nitrogens with two attached hydrogens (primary N) is 1. The summed E-state index contributed by atoms with van der Waals surface area (Å²) < 4.78 is 28.8. The summed E-state index contributed by atoms with van der Waals surface area (Å²) >= 11 is 6.11. The molecular formula is C17H13ClF2N2O. The van der Waals surface area contributed by atoms with Crippen molar-refractivity contribution in [2.24, 2.45) is 5.73 Å². The van der Waals surface area contributed by atoms with E-state index in [1.807, 2.05) is 0 Å². The van der Waals surface area contributed by atoms with Crippen LogP contribution in [0.25, 0.3) is 16.5 Å². The SMILES string of the molecule is C[C@H](N)c1cc2cccc(Cl)c2c(=O)n1-c1cc(F)ccc1F. The van der Waals surface area contributed by atoms with Crippen LogP contribution in [-0.2, 0) is 0 Å². The number of hydrogen-bond donors (Lipinski definition) is 1. The van der Waals surface area contributed by atoms with Gasteiger partial charge in [0.1, 0.15) is 11.6 Å². The van der Waals surface area contributed by atoms with Gasteiger partial charge in [0.05, 0.1) is 16.1 Å². The van der Waals surface area contributed by atoms with E-state index in [1.165, 1.54) is 0 Å². The Morgan fingerprint density at radius 2 is 1.91 bits per heavy atom. The fraction of sp³-hybridized carbons (Fsp3) is 0.118. The van der Waals surface area contributed by atoms with Gasteiger partial charge in [0.25, 0.3) is 5.56 Å². The van der Waals surface area contributed by atoms with Crippen molar-refractivity contribution < 1.29 is 8.78 Å². The molecule has 0 radical (unpaired) electrons. The van der Waals surface area contributed by atoms with Crippen LogP contribution in [0.2, 0.25) is 5.02 Å². The summed E-state index contributed by atoms with van der Waals surface area (Å²) in [6.45, 7) is 1.67. The average molecular weight is 335 g/mol. The molecule has 0 fully saturated rings. The topological polar surface area (TPSA) is 48.0 Å². The number of aromatic nitrogens is 1.